The average Bonchev–Trinajstić information content (AvgIpc) is 2.94. The van der Waals surface area contributed by atoms with Crippen molar-refractivity contribution < 1.29 is 14.3 Å². The zero-order valence-corrected chi connectivity index (χ0v) is 11.8. The minimum Gasteiger partial charge on any atom is -0.454 e. The number of nitrogens with two attached hydrogens (primary N) is 1. The molecule has 108 valence electrons. The van der Waals surface area contributed by atoms with Crippen molar-refractivity contribution in [3.05, 3.63) is 53.1 Å². The molecule has 21 heavy (non-hydrogen) atoms. The maximum atomic E-state index is 11.8. The Labute approximate surface area is 126 Å². The number of ether oxygens (including phenoxy) is 2. The molecule has 0 saturated heterocycles. The van der Waals surface area contributed by atoms with Crippen molar-refractivity contribution in [1.29, 1.82) is 0 Å². The first-order chi connectivity index (χ1) is 10.1. The summed E-state index contributed by atoms with van der Waals surface area (Å²) < 4.78 is 10.6. The zero-order valence-electron chi connectivity index (χ0n) is 11.0. The number of nitrogens with one attached hydrogen (secondary N) is 1. The van der Waals surface area contributed by atoms with Crippen LogP contribution in [0.4, 0.5) is 5.69 Å². The molecule has 0 fully saturated rings. The van der Waals surface area contributed by atoms with Crippen molar-refractivity contribution in [1.82, 2.24) is 0 Å². The Kier molecular flexibility index (Phi) is 3.58. The molecule has 3 rings (SSSR count). The molecule has 0 aliphatic carbocycles. The lowest BCUT2D eigenvalue weighted by Gasteiger charge is -2.18. The van der Waals surface area contributed by atoms with E-state index in [4.69, 9.17) is 26.8 Å². The zero-order chi connectivity index (χ0) is 14.8. The van der Waals surface area contributed by atoms with Crippen molar-refractivity contribution in [2.75, 3.05) is 12.1 Å². The van der Waals surface area contributed by atoms with Crippen LogP contribution in [-0.4, -0.2) is 12.7 Å². The van der Waals surface area contributed by atoms with E-state index in [1.807, 2.05) is 30.3 Å². The van der Waals surface area contributed by atoms with Crippen LogP contribution in [0.1, 0.15) is 11.6 Å². The molecule has 3 N–H and O–H groups in total. The van der Waals surface area contributed by atoms with Gasteiger partial charge in [-0.05, 0) is 29.8 Å². The molecule has 5 nitrogen and oxygen atoms in total. The summed E-state index contributed by atoms with van der Waals surface area (Å²) in [6.07, 6.45) is 0. The van der Waals surface area contributed by atoms with Gasteiger partial charge in [-0.25, -0.2) is 0 Å². The summed E-state index contributed by atoms with van der Waals surface area (Å²) in [4.78, 5) is 11.8. The lowest BCUT2D eigenvalue weighted by Crippen LogP contribution is -2.27. The smallest absolute Gasteiger partial charge is 0.244 e. The summed E-state index contributed by atoms with van der Waals surface area (Å²) in [7, 11) is 0. The third kappa shape index (κ3) is 2.73. The van der Waals surface area contributed by atoms with Gasteiger partial charge in [0.1, 0.15) is 6.04 Å². The maximum Gasteiger partial charge on any atom is 0.244 e. The Morgan fingerprint density at radius 3 is 2.71 bits per heavy atom. The molecule has 1 atom stereocenters. The number of carbonyl (C=O) groups is 1. The predicted octanol–water partition coefficient (Wildman–Crippen LogP) is 2.71. The van der Waals surface area contributed by atoms with E-state index in [2.05, 4.69) is 5.32 Å². The highest BCUT2D eigenvalue weighted by Crippen LogP contribution is 2.41. The highest BCUT2D eigenvalue weighted by atomic mass is 35.5. The highest BCUT2D eigenvalue weighted by molar-refractivity contribution is 6.32. The Morgan fingerprint density at radius 2 is 2.00 bits per heavy atom. The minimum absolute atomic E-state index is 0.117. The lowest BCUT2D eigenvalue weighted by atomic mass is 10.0. The quantitative estimate of drug-likeness (QED) is 0.911. The number of primary amides is 1. The fourth-order valence-corrected chi connectivity index (χ4v) is 2.45. The second kappa shape index (κ2) is 5.54. The van der Waals surface area contributed by atoms with E-state index < -0.39 is 11.9 Å². The van der Waals surface area contributed by atoms with Gasteiger partial charge >= 0.3 is 0 Å². The van der Waals surface area contributed by atoms with Gasteiger partial charge in [0, 0.05) is 5.69 Å². The number of carbonyl (C=O) groups excluding carboxylic acids is 1. The van der Waals surface area contributed by atoms with Gasteiger partial charge < -0.3 is 20.5 Å². The highest BCUT2D eigenvalue weighted by Gasteiger charge is 2.24. The van der Waals surface area contributed by atoms with Gasteiger partial charge in [-0.2, -0.15) is 0 Å². The second-order valence-corrected chi connectivity index (χ2v) is 4.99. The Balaban J connectivity index is 1.95. The number of amides is 1. The fraction of sp³-hybridized carbons (Fsp3) is 0.133. The Bertz CT molecular complexity index is 676. The molecule has 0 radical (unpaired) electrons. The van der Waals surface area contributed by atoms with Gasteiger partial charge in [0.05, 0.1) is 5.02 Å². The number of benzene rings is 2. The number of hydrogen-bond donors (Lipinski definition) is 2. The van der Waals surface area contributed by atoms with Gasteiger partial charge in [0.25, 0.3) is 0 Å². The third-order valence-electron chi connectivity index (χ3n) is 3.15. The number of fused-ring (bicyclic) bond motifs is 1. The molecule has 0 bridgehead atoms. The molecular weight excluding hydrogens is 292 g/mol. The van der Waals surface area contributed by atoms with Crippen molar-refractivity contribution in [3.8, 4) is 11.5 Å². The molecule has 0 aromatic heterocycles. The van der Waals surface area contributed by atoms with E-state index in [1.165, 1.54) is 0 Å². The van der Waals surface area contributed by atoms with Gasteiger partial charge in [-0.3, -0.25) is 4.79 Å². The summed E-state index contributed by atoms with van der Waals surface area (Å²) in [5.74, 6) is 0.496. The van der Waals surface area contributed by atoms with Crippen molar-refractivity contribution >= 4 is 23.2 Å². The largest absolute Gasteiger partial charge is 0.454 e. The standard InChI is InChI=1S/C15H13ClN2O3/c16-11-6-9(7-12-14(11)21-8-20-12)13(15(17)19)18-10-4-2-1-3-5-10/h1-7,13,18H,8H2,(H2,17,19). The molecule has 1 amide bonds. The van der Waals surface area contributed by atoms with Crippen LogP contribution in [0.5, 0.6) is 11.5 Å². The lowest BCUT2D eigenvalue weighted by molar-refractivity contribution is -0.118. The minimum atomic E-state index is -0.709. The number of halogens is 1. The number of anilines is 1. The van der Waals surface area contributed by atoms with Crippen LogP contribution in [0.25, 0.3) is 0 Å². The summed E-state index contributed by atoms with van der Waals surface area (Å²) >= 11 is 6.14. The monoisotopic (exact) mass is 304 g/mol. The SMILES string of the molecule is NC(=O)C(Nc1ccccc1)c1cc(Cl)c2c(c1)OCO2. The van der Waals surface area contributed by atoms with E-state index in [1.54, 1.807) is 12.1 Å². The summed E-state index contributed by atoms with van der Waals surface area (Å²) in [6.45, 7) is 0.117. The van der Waals surface area contributed by atoms with Crippen LogP contribution in [0.2, 0.25) is 5.02 Å². The van der Waals surface area contributed by atoms with E-state index in [-0.39, 0.29) is 6.79 Å². The normalized spacial score (nSPS) is 13.8. The van der Waals surface area contributed by atoms with Crippen molar-refractivity contribution in [3.63, 3.8) is 0 Å². The molecule has 6 heteroatoms. The van der Waals surface area contributed by atoms with Crippen LogP contribution < -0.4 is 20.5 Å². The van der Waals surface area contributed by atoms with E-state index >= 15 is 0 Å². The van der Waals surface area contributed by atoms with E-state index in [0.717, 1.165) is 5.69 Å². The number of para-hydroxylation sites is 1. The topological polar surface area (TPSA) is 73.6 Å². The van der Waals surface area contributed by atoms with Crippen LogP contribution in [0.3, 0.4) is 0 Å². The molecular formula is C15H13ClN2O3. The maximum absolute atomic E-state index is 11.8. The van der Waals surface area contributed by atoms with Crippen LogP contribution in [0, 0.1) is 0 Å². The Hall–Kier alpha value is -2.40. The molecule has 2 aromatic rings. The van der Waals surface area contributed by atoms with E-state index in [0.29, 0.717) is 22.1 Å². The first-order valence-corrected chi connectivity index (χ1v) is 6.73. The van der Waals surface area contributed by atoms with E-state index in [9.17, 15) is 4.79 Å². The molecule has 1 unspecified atom stereocenters. The Morgan fingerprint density at radius 1 is 1.24 bits per heavy atom. The number of hydrogen-bond acceptors (Lipinski definition) is 4. The first-order valence-electron chi connectivity index (χ1n) is 6.35. The molecule has 1 heterocycles. The summed E-state index contributed by atoms with van der Waals surface area (Å²) in [5.41, 5.74) is 6.91. The molecule has 1 aliphatic rings. The summed E-state index contributed by atoms with van der Waals surface area (Å²) in [6, 6.07) is 12.0. The van der Waals surface area contributed by atoms with Crippen LogP contribution in [0.15, 0.2) is 42.5 Å². The van der Waals surface area contributed by atoms with Crippen molar-refractivity contribution in [2.24, 2.45) is 5.73 Å². The average molecular weight is 305 g/mol. The second-order valence-electron chi connectivity index (χ2n) is 4.58. The fourth-order valence-electron chi connectivity index (χ4n) is 2.17. The van der Waals surface area contributed by atoms with Crippen LogP contribution in [-0.2, 0) is 4.79 Å². The first kappa shape index (κ1) is 13.6. The molecule has 0 spiro atoms. The van der Waals surface area contributed by atoms with Gasteiger partial charge in [-0.1, -0.05) is 29.8 Å². The predicted molar refractivity (Wildman–Crippen MR) is 79.6 cm³/mol. The van der Waals surface area contributed by atoms with Crippen LogP contribution >= 0.6 is 11.6 Å². The van der Waals surface area contributed by atoms with Crippen molar-refractivity contribution in [2.45, 2.75) is 6.04 Å². The van der Waals surface area contributed by atoms with Gasteiger partial charge in [0.2, 0.25) is 12.7 Å². The molecule has 0 saturated carbocycles. The molecule has 2 aromatic carbocycles. The molecule has 1 aliphatic heterocycles. The van der Waals surface area contributed by atoms with Gasteiger partial charge in [0.15, 0.2) is 11.5 Å². The van der Waals surface area contributed by atoms with Gasteiger partial charge in [-0.15, -0.1) is 0 Å². The third-order valence-corrected chi connectivity index (χ3v) is 3.43. The summed E-state index contributed by atoms with van der Waals surface area (Å²) in [5, 5.41) is 3.47. The number of rotatable bonds is 4.